The maximum Gasteiger partial charge on any atom is 0.148 e. The van der Waals surface area contributed by atoms with Crippen molar-refractivity contribution in [3.05, 3.63) is 41.3 Å². The van der Waals surface area contributed by atoms with E-state index in [4.69, 9.17) is 0 Å². The van der Waals surface area contributed by atoms with E-state index in [1.54, 1.807) is 6.20 Å². The van der Waals surface area contributed by atoms with Crippen molar-refractivity contribution in [2.75, 3.05) is 24.3 Å². The molecule has 1 N–H and O–H groups in total. The zero-order chi connectivity index (χ0) is 12.3. The van der Waals surface area contributed by atoms with Gasteiger partial charge >= 0.3 is 0 Å². The molecule has 0 saturated heterocycles. The number of halogens is 1. The van der Waals surface area contributed by atoms with Crippen LogP contribution >= 0.6 is 15.9 Å². The quantitative estimate of drug-likeness (QED) is 0.944. The van der Waals surface area contributed by atoms with Crippen LogP contribution in [-0.4, -0.2) is 24.1 Å². The minimum atomic E-state index is 0.760. The van der Waals surface area contributed by atoms with Crippen LogP contribution in [0, 0.1) is 0 Å². The van der Waals surface area contributed by atoms with Gasteiger partial charge < -0.3 is 10.2 Å². The van der Waals surface area contributed by atoms with Gasteiger partial charge in [0.25, 0.3) is 0 Å². The summed E-state index contributed by atoms with van der Waals surface area (Å²) in [6.45, 7) is 0. The first-order valence-electron chi connectivity index (χ1n) is 5.17. The van der Waals surface area contributed by atoms with Gasteiger partial charge in [-0.1, -0.05) is 6.07 Å². The van der Waals surface area contributed by atoms with E-state index in [9.17, 15) is 0 Å². The van der Waals surface area contributed by atoms with Crippen LogP contribution in [0.2, 0.25) is 0 Å². The normalized spacial score (nSPS) is 10.1. The van der Waals surface area contributed by atoms with Crippen LogP contribution in [-0.2, 0) is 0 Å². The second kappa shape index (κ2) is 5.14. The van der Waals surface area contributed by atoms with Crippen LogP contribution in [0.4, 0.5) is 17.2 Å². The first kappa shape index (κ1) is 11.9. The molecule has 0 saturated carbocycles. The lowest BCUT2D eigenvalue weighted by Crippen LogP contribution is -2.08. The monoisotopic (exact) mass is 292 g/mol. The summed E-state index contributed by atoms with van der Waals surface area (Å²) < 4.78 is 0.843. The molecule has 2 rings (SSSR count). The molecule has 2 aromatic rings. The van der Waals surface area contributed by atoms with Gasteiger partial charge in [-0.3, -0.25) is 0 Å². The molecule has 0 spiro atoms. The Morgan fingerprint density at radius 3 is 2.82 bits per heavy atom. The molecular weight excluding hydrogens is 280 g/mol. The van der Waals surface area contributed by atoms with Crippen molar-refractivity contribution in [2.24, 2.45) is 0 Å². The van der Waals surface area contributed by atoms with Crippen molar-refractivity contribution < 1.29 is 0 Å². The van der Waals surface area contributed by atoms with Crippen LogP contribution in [0.15, 0.2) is 41.3 Å². The Morgan fingerprint density at radius 2 is 2.12 bits per heavy atom. The molecule has 1 aromatic carbocycles. The van der Waals surface area contributed by atoms with E-state index >= 15 is 0 Å². The molecule has 0 fully saturated rings. The summed E-state index contributed by atoms with van der Waals surface area (Å²) in [6, 6.07) is 8.13. The molecule has 1 aromatic heterocycles. The summed E-state index contributed by atoms with van der Waals surface area (Å²) >= 11 is 3.40. The second-order valence-electron chi connectivity index (χ2n) is 3.79. The lowest BCUT2D eigenvalue weighted by atomic mass is 10.2. The minimum absolute atomic E-state index is 0.760. The number of anilines is 3. The Morgan fingerprint density at radius 1 is 1.29 bits per heavy atom. The van der Waals surface area contributed by atoms with Gasteiger partial charge in [-0.2, -0.15) is 0 Å². The molecule has 5 heteroatoms. The van der Waals surface area contributed by atoms with Crippen molar-refractivity contribution in [1.29, 1.82) is 0 Å². The zero-order valence-corrected chi connectivity index (χ0v) is 11.3. The van der Waals surface area contributed by atoms with E-state index in [0.29, 0.717) is 0 Å². The summed E-state index contributed by atoms with van der Waals surface area (Å²) in [4.78, 5) is 10.1. The van der Waals surface area contributed by atoms with Crippen molar-refractivity contribution in [1.82, 2.24) is 9.97 Å². The fourth-order valence-electron chi connectivity index (χ4n) is 1.40. The maximum absolute atomic E-state index is 4.17. The third kappa shape index (κ3) is 2.94. The number of nitrogens with one attached hydrogen (secondary N) is 1. The first-order valence-corrected chi connectivity index (χ1v) is 5.96. The summed E-state index contributed by atoms with van der Waals surface area (Å²) in [7, 11) is 4.03. The lowest BCUT2D eigenvalue weighted by molar-refractivity contribution is 1.13. The Hall–Kier alpha value is -1.62. The average Bonchev–Trinajstić information content (AvgIpc) is 2.32. The second-order valence-corrected chi connectivity index (χ2v) is 4.64. The Kier molecular flexibility index (Phi) is 3.58. The molecular formula is C12H13BrN4. The molecule has 1 heterocycles. The third-order valence-electron chi connectivity index (χ3n) is 2.29. The fourth-order valence-corrected chi connectivity index (χ4v) is 1.72. The van der Waals surface area contributed by atoms with E-state index in [-0.39, 0.29) is 0 Å². The molecule has 17 heavy (non-hydrogen) atoms. The number of aromatic nitrogens is 2. The van der Waals surface area contributed by atoms with E-state index in [2.05, 4.69) is 48.2 Å². The highest BCUT2D eigenvalue weighted by Crippen LogP contribution is 2.24. The van der Waals surface area contributed by atoms with E-state index in [1.807, 2.05) is 26.2 Å². The number of hydrogen-bond donors (Lipinski definition) is 1. The smallest absolute Gasteiger partial charge is 0.148 e. The van der Waals surface area contributed by atoms with Gasteiger partial charge in [0.1, 0.15) is 12.1 Å². The van der Waals surface area contributed by atoms with Gasteiger partial charge in [0.05, 0.1) is 4.47 Å². The molecule has 0 amide bonds. The van der Waals surface area contributed by atoms with E-state index < -0.39 is 0 Å². The highest BCUT2D eigenvalue weighted by molar-refractivity contribution is 9.10. The largest absolute Gasteiger partial charge is 0.378 e. The molecule has 0 atom stereocenters. The Bertz CT molecular complexity index is 513. The number of nitrogens with zero attached hydrogens (tertiary/aromatic N) is 3. The fraction of sp³-hybridized carbons (Fsp3) is 0.167. The SMILES string of the molecule is CN(C)c1cccc(Nc2ncncc2Br)c1. The van der Waals surface area contributed by atoms with Gasteiger partial charge in [0.15, 0.2) is 0 Å². The number of hydrogen-bond acceptors (Lipinski definition) is 4. The molecule has 0 bridgehead atoms. The maximum atomic E-state index is 4.17. The summed E-state index contributed by atoms with van der Waals surface area (Å²) in [5.41, 5.74) is 2.13. The van der Waals surface area contributed by atoms with E-state index in [1.165, 1.54) is 6.33 Å². The predicted molar refractivity (Wildman–Crippen MR) is 73.8 cm³/mol. The van der Waals surface area contributed by atoms with Crippen LogP contribution in [0.3, 0.4) is 0 Å². The van der Waals surface area contributed by atoms with Gasteiger partial charge in [-0.15, -0.1) is 0 Å². The summed E-state index contributed by atoms with van der Waals surface area (Å²) in [5.74, 6) is 0.760. The average molecular weight is 293 g/mol. The topological polar surface area (TPSA) is 41.0 Å². The molecule has 0 aliphatic heterocycles. The van der Waals surface area contributed by atoms with Gasteiger partial charge in [-0.25, -0.2) is 9.97 Å². The number of benzene rings is 1. The van der Waals surface area contributed by atoms with Crippen LogP contribution in [0.25, 0.3) is 0 Å². The summed E-state index contributed by atoms with van der Waals surface area (Å²) in [6.07, 6.45) is 3.23. The van der Waals surface area contributed by atoms with Crippen molar-refractivity contribution in [3.63, 3.8) is 0 Å². The summed E-state index contributed by atoms with van der Waals surface area (Å²) in [5, 5.41) is 3.24. The van der Waals surface area contributed by atoms with Crippen molar-refractivity contribution in [2.45, 2.75) is 0 Å². The molecule has 0 aliphatic carbocycles. The van der Waals surface area contributed by atoms with Crippen LogP contribution in [0.1, 0.15) is 0 Å². The molecule has 0 aliphatic rings. The first-order chi connectivity index (χ1) is 8.16. The van der Waals surface area contributed by atoms with Crippen molar-refractivity contribution in [3.8, 4) is 0 Å². The lowest BCUT2D eigenvalue weighted by Gasteiger charge is -2.14. The zero-order valence-electron chi connectivity index (χ0n) is 9.68. The molecule has 0 unspecified atom stereocenters. The van der Waals surface area contributed by atoms with Crippen LogP contribution in [0.5, 0.6) is 0 Å². The molecule has 4 nitrogen and oxygen atoms in total. The minimum Gasteiger partial charge on any atom is -0.378 e. The van der Waals surface area contributed by atoms with Gasteiger partial charge in [-0.05, 0) is 34.1 Å². The molecule has 88 valence electrons. The Labute approximate surface area is 109 Å². The third-order valence-corrected chi connectivity index (χ3v) is 2.87. The highest BCUT2D eigenvalue weighted by Gasteiger charge is 2.02. The highest BCUT2D eigenvalue weighted by atomic mass is 79.9. The van der Waals surface area contributed by atoms with Gasteiger partial charge in [0.2, 0.25) is 0 Å². The Balaban J connectivity index is 2.25. The standard InChI is InChI=1S/C12H13BrN4/c1-17(2)10-5-3-4-9(6-10)16-12-11(13)7-14-8-15-12/h3-8H,1-2H3,(H,14,15,16). The predicted octanol–water partition coefficient (Wildman–Crippen LogP) is 3.05. The molecule has 0 radical (unpaired) electrons. The van der Waals surface area contributed by atoms with Crippen LogP contribution < -0.4 is 10.2 Å². The number of rotatable bonds is 3. The van der Waals surface area contributed by atoms with Crippen molar-refractivity contribution >= 4 is 33.1 Å². The van der Waals surface area contributed by atoms with E-state index in [0.717, 1.165) is 21.7 Å². The van der Waals surface area contributed by atoms with Gasteiger partial charge in [0, 0.05) is 31.7 Å².